The molecule has 1 aliphatic heterocycles. The maximum atomic E-state index is 13.3. The van der Waals surface area contributed by atoms with Gasteiger partial charge in [-0.05, 0) is 70.1 Å². The van der Waals surface area contributed by atoms with Gasteiger partial charge in [0.1, 0.15) is 0 Å². The number of carboxylic acids is 1. The molecule has 28 heavy (non-hydrogen) atoms. The van der Waals surface area contributed by atoms with Crippen LogP contribution in [0, 0.1) is 5.92 Å². The molecule has 0 saturated carbocycles. The van der Waals surface area contributed by atoms with Crippen molar-refractivity contribution in [2.75, 3.05) is 0 Å². The highest BCUT2D eigenvalue weighted by Gasteiger charge is 2.40. The summed E-state index contributed by atoms with van der Waals surface area (Å²) in [7, 11) is 0. The number of carbonyl (C=O) groups excluding carboxylic acids is 1. The molecule has 0 spiro atoms. The standard InChI is InChI=1S/C22H32ClNO4/c1-4-18(6-5-13-22(2,3)28)24-19(15-7-10-17(23)11-8-15)12-9-16(21(24)27)14-20(25)26/h7-8,10-11,16,18-19,28H,4-6,9,12-14H2,1-3H3,(H,25,26). The Morgan fingerprint density at radius 2 is 1.93 bits per heavy atom. The van der Waals surface area contributed by atoms with Crippen molar-refractivity contribution in [3.63, 3.8) is 0 Å². The summed E-state index contributed by atoms with van der Waals surface area (Å²) in [4.78, 5) is 26.4. The van der Waals surface area contributed by atoms with E-state index >= 15 is 0 Å². The van der Waals surface area contributed by atoms with E-state index in [0.29, 0.717) is 17.9 Å². The van der Waals surface area contributed by atoms with Gasteiger partial charge in [0.2, 0.25) is 5.91 Å². The lowest BCUT2D eigenvalue weighted by Gasteiger charge is -2.44. The highest BCUT2D eigenvalue weighted by molar-refractivity contribution is 6.30. The van der Waals surface area contributed by atoms with Crippen LogP contribution in [0.5, 0.6) is 0 Å². The van der Waals surface area contributed by atoms with Crippen LogP contribution in [-0.2, 0) is 9.59 Å². The quantitative estimate of drug-likeness (QED) is 0.613. The first-order valence-corrected chi connectivity index (χ1v) is 10.5. The first kappa shape index (κ1) is 22.7. The Bertz CT molecular complexity index is 668. The second-order valence-electron chi connectivity index (χ2n) is 8.45. The van der Waals surface area contributed by atoms with Crippen molar-refractivity contribution in [2.45, 2.75) is 83.4 Å². The second-order valence-corrected chi connectivity index (χ2v) is 8.89. The van der Waals surface area contributed by atoms with Crippen molar-refractivity contribution in [2.24, 2.45) is 5.92 Å². The predicted octanol–water partition coefficient (Wildman–Crippen LogP) is 4.81. The van der Waals surface area contributed by atoms with Crippen molar-refractivity contribution >= 4 is 23.5 Å². The number of hydrogen-bond acceptors (Lipinski definition) is 3. The van der Waals surface area contributed by atoms with Gasteiger partial charge >= 0.3 is 5.97 Å². The van der Waals surface area contributed by atoms with Crippen LogP contribution in [0.15, 0.2) is 24.3 Å². The summed E-state index contributed by atoms with van der Waals surface area (Å²) >= 11 is 6.03. The molecule has 3 atom stereocenters. The van der Waals surface area contributed by atoms with Crippen LogP contribution in [0.25, 0.3) is 0 Å². The van der Waals surface area contributed by atoms with E-state index in [1.54, 1.807) is 13.8 Å². The second kappa shape index (κ2) is 9.75. The molecule has 0 aromatic heterocycles. The van der Waals surface area contributed by atoms with Gasteiger partial charge < -0.3 is 15.1 Å². The molecule has 1 aliphatic rings. The molecule has 0 aliphatic carbocycles. The van der Waals surface area contributed by atoms with E-state index in [1.807, 2.05) is 29.2 Å². The topological polar surface area (TPSA) is 77.8 Å². The van der Waals surface area contributed by atoms with E-state index in [9.17, 15) is 19.8 Å². The van der Waals surface area contributed by atoms with E-state index in [2.05, 4.69) is 6.92 Å². The Kier molecular flexibility index (Phi) is 7.90. The van der Waals surface area contributed by atoms with Crippen molar-refractivity contribution in [3.05, 3.63) is 34.9 Å². The number of nitrogens with zero attached hydrogens (tertiary/aromatic N) is 1. The van der Waals surface area contributed by atoms with Gasteiger partial charge in [-0.25, -0.2) is 0 Å². The number of piperidine rings is 1. The van der Waals surface area contributed by atoms with E-state index in [0.717, 1.165) is 31.2 Å². The lowest BCUT2D eigenvalue weighted by molar-refractivity contribution is -0.151. The smallest absolute Gasteiger partial charge is 0.304 e. The Balaban J connectivity index is 2.26. The molecule has 5 nitrogen and oxygen atoms in total. The summed E-state index contributed by atoms with van der Waals surface area (Å²) in [6.07, 6.45) is 4.25. The molecule has 0 radical (unpaired) electrons. The minimum Gasteiger partial charge on any atom is -0.481 e. The van der Waals surface area contributed by atoms with Gasteiger partial charge in [0, 0.05) is 17.0 Å². The van der Waals surface area contributed by atoms with E-state index in [-0.39, 0.29) is 24.4 Å². The number of benzene rings is 1. The zero-order valence-electron chi connectivity index (χ0n) is 17.0. The molecular weight excluding hydrogens is 378 g/mol. The van der Waals surface area contributed by atoms with Gasteiger partial charge in [-0.15, -0.1) is 0 Å². The molecule has 1 amide bonds. The third kappa shape index (κ3) is 6.21. The van der Waals surface area contributed by atoms with E-state index in [1.165, 1.54) is 0 Å². The molecule has 6 heteroatoms. The van der Waals surface area contributed by atoms with Crippen LogP contribution in [0.2, 0.25) is 5.02 Å². The molecule has 156 valence electrons. The number of carbonyl (C=O) groups is 2. The Labute approximate surface area is 172 Å². The molecule has 1 fully saturated rings. The first-order valence-electron chi connectivity index (χ1n) is 10.1. The summed E-state index contributed by atoms with van der Waals surface area (Å²) in [6, 6.07) is 7.52. The van der Waals surface area contributed by atoms with Crippen LogP contribution >= 0.6 is 11.6 Å². The number of hydrogen-bond donors (Lipinski definition) is 2. The highest BCUT2D eigenvalue weighted by atomic mass is 35.5. The normalized spacial score (nSPS) is 21.6. The summed E-state index contributed by atoms with van der Waals surface area (Å²) in [5, 5.41) is 19.9. The number of carboxylic acid groups (broad SMARTS) is 1. The molecule has 1 heterocycles. The van der Waals surface area contributed by atoms with Gasteiger partial charge in [-0.2, -0.15) is 0 Å². The minimum absolute atomic E-state index is 0.0205. The molecular formula is C22H32ClNO4. The van der Waals surface area contributed by atoms with Gasteiger partial charge in [0.05, 0.1) is 18.1 Å². The summed E-state index contributed by atoms with van der Waals surface area (Å²) in [5.74, 6) is -1.47. The van der Waals surface area contributed by atoms with Crippen LogP contribution in [0.4, 0.5) is 0 Å². The SMILES string of the molecule is CCC(CCCC(C)(C)O)N1C(=O)C(CC(=O)O)CCC1c1ccc(Cl)cc1. The maximum Gasteiger partial charge on any atom is 0.304 e. The minimum atomic E-state index is -0.932. The first-order chi connectivity index (χ1) is 13.1. The third-order valence-electron chi connectivity index (χ3n) is 5.59. The molecule has 2 N–H and O–H groups in total. The van der Waals surface area contributed by atoms with Crippen molar-refractivity contribution in [3.8, 4) is 0 Å². The molecule has 1 saturated heterocycles. The molecule has 1 aromatic carbocycles. The number of aliphatic carboxylic acids is 1. The fourth-order valence-electron chi connectivity index (χ4n) is 4.14. The summed E-state index contributed by atoms with van der Waals surface area (Å²) in [5.41, 5.74) is 0.304. The number of halogens is 1. The van der Waals surface area contributed by atoms with Crippen LogP contribution in [-0.4, -0.2) is 38.6 Å². The molecule has 0 bridgehead atoms. The van der Waals surface area contributed by atoms with Crippen LogP contribution in [0.3, 0.4) is 0 Å². The zero-order valence-corrected chi connectivity index (χ0v) is 17.8. The zero-order chi connectivity index (χ0) is 20.9. The van der Waals surface area contributed by atoms with Crippen molar-refractivity contribution in [1.82, 2.24) is 4.90 Å². The average Bonchev–Trinajstić information content (AvgIpc) is 2.60. The summed E-state index contributed by atoms with van der Waals surface area (Å²) < 4.78 is 0. The van der Waals surface area contributed by atoms with Gasteiger partial charge in [0.15, 0.2) is 0 Å². The fraction of sp³-hybridized carbons (Fsp3) is 0.636. The lowest BCUT2D eigenvalue weighted by atomic mass is 9.84. The number of aliphatic hydroxyl groups is 1. The number of amides is 1. The molecule has 2 rings (SSSR count). The Morgan fingerprint density at radius 1 is 1.29 bits per heavy atom. The highest BCUT2D eigenvalue weighted by Crippen LogP contribution is 2.39. The van der Waals surface area contributed by atoms with E-state index in [4.69, 9.17) is 11.6 Å². The van der Waals surface area contributed by atoms with Crippen molar-refractivity contribution < 1.29 is 19.8 Å². The Hall–Kier alpha value is -1.59. The van der Waals surface area contributed by atoms with Crippen molar-refractivity contribution in [1.29, 1.82) is 0 Å². The van der Waals surface area contributed by atoms with Gasteiger partial charge in [0.25, 0.3) is 0 Å². The predicted molar refractivity (Wildman–Crippen MR) is 110 cm³/mol. The fourth-order valence-corrected chi connectivity index (χ4v) is 4.27. The van der Waals surface area contributed by atoms with Gasteiger partial charge in [-0.3, -0.25) is 9.59 Å². The largest absolute Gasteiger partial charge is 0.481 e. The van der Waals surface area contributed by atoms with Gasteiger partial charge in [-0.1, -0.05) is 30.7 Å². The molecule has 3 unspecified atom stereocenters. The third-order valence-corrected chi connectivity index (χ3v) is 5.85. The number of rotatable bonds is 9. The lowest BCUT2D eigenvalue weighted by Crippen LogP contribution is -2.49. The van der Waals surface area contributed by atoms with E-state index < -0.39 is 17.5 Å². The monoisotopic (exact) mass is 409 g/mol. The Morgan fingerprint density at radius 3 is 2.46 bits per heavy atom. The van der Waals surface area contributed by atoms with Crippen LogP contribution in [0.1, 0.15) is 77.3 Å². The molecule has 1 aromatic rings. The van der Waals surface area contributed by atoms with Crippen LogP contribution < -0.4 is 0 Å². The maximum absolute atomic E-state index is 13.3. The summed E-state index contributed by atoms with van der Waals surface area (Å²) in [6.45, 7) is 5.64. The average molecular weight is 410 g/mol. The number of likely N-dealkylation sites (tertiary alicyclic amines) is 1.